The van der Waals surface area contributed by atoms with Gasteiger partial charge in [0.25, 0.3) is 5.91 Å². The molecule has 0 spiro atoms. The van der Waals surface area contributed by atoms with Crippen LogP contribution in [-0.4, -0.2) is 24.9 Å². The number of benzene rings is 2. The molecule has 0 aliphatic heterocycles. The lowest BCUT2D eigenvalue weighted by Gasteiger charge is -2.14. The minimum Gasteiger partial charge on any atom is -0.487 e. The number of nitrogens with zero attached hydrogens (tertiary/aromatic N) is 2. The van der Waals surface area contributed by atoms with Gasteiger partial charge in [0.15, 0.2) is 0 Å². The van der Waals surface area contributed by atoms with Crippen LogP contribution >= 0.6 is 27.5 Å². The average Bonchev–Trinajstić information content (AvgIpc) is 2.66. The van der Waals surface area contributed by atoms with E-state index in [1.807, 2.05) is 42.5 Å². The van der Waals surface area contributed by atoms with Crippen LogP contribution in [0.15, 0.2) is 59.1 Å². The van der Waals surface area contributed by atoms with Crippen LogP contribution in [-0.2, 0) is 17.8 Å². The molecule has 28 heavy (non-hydrogen) atoms. The number of carbonyl (C=O) groups excluding carboxylic acids is 1. The monoisotopic (exact) mass is 458 g/mol. The smallest absolute Gasteiger partial charge is 0.264 e. The zero-order valence-corrected chi connectivity index (χ0v) is 18.0. The molecule has 2 aromatic carbocycles. The van der Waals surface area contributed by atoms with Gasteiger partial charge in [-0.2, -0.15) is 5.26 Å². The summed E-state index contributed by atoms with van der Waals surface area (Å²) in [4.78, 5) is 13.5. The van der Waals surface area contributed by atoms with Gasteiger partial charge in [-0.25, -0.2) is 0 Å². The summed E-state index contributed by atoms with van der Waals surface area (Å²) in [6, 6.07) is 13.1. The van der Waals surface area contributed by atoms with Crippen LogP contribution in [0.3, 0.4) is 0 Å². The van der Waals surface area contributed by atoms with Crippen molar-refractivity contribution in [3.05, 3.63) is 80.8 Å². The van der Waals surface area contributed by atoms with Gasteiger partial charge < -0.3 is 9.64 Å². The van der Waals surface area contributed by atoms with E-state index in [0.717, 1.165) is 21.2 Å². The van der Waals surface area contributed by atoms with Crippen molar-refractivity contribution in [3.63, 3.8) is 0 Å². The standard InChI is InChI=1S/C22H20BrClN2O2/c1-4-5-17-10-16(11-18(13-25)22(27)26(2)3)12-20(23)21(17)28-14-15-6-8-19(24)9-7-15/h4,6-12H,1,5,14H2,2-3H3/b18-11-. The highest BCUT2D eigenvalue weighted by Crippen LogP contribution is 2.33. The number of carbonyl (C=O) groups is 1. The van der Waals surface area contributed by atoms with Crippen LogP contribution in [0.5, 0.6) is 5.75 Å². The first-order valence-corrected chi connectivity index (χ1v) is 9.66. The maximum atomic E-state index is 12.1. The Morgan fingerprint density at radius 3 is 2.57 bits per heavy atom. The molecule has 4 nitrogen and oxygen atoms in total. The number of amides is 1. The third-order valence-corrected chi connectivity index (χ3v) is 4.71. The second-order valence-electron chi connectivity index (χ2n) is 6.27. The zero-order chi connectivity index (χ0) is 20.7. The fourth-order valence-electron chi connectivity index (χ4n) is 2.51. The number of rotatable bonds is 7. The Balaban J connectivity index is 2.35. The van der Waals surface area contributed by atoms with E-state index in [1.54, 1.807) is 26.2 Å². The molecule has 0 heterocycles. The first kappa shape index (κ1) is 21.7. The number of allylic oxidation sites excluding steroid dienone is 1. The average molecular weight is 460 g/mol. The van der Waals surface area contributed by atoms with E-state index in [1.165, 1.54) is 4.90 Å². The van der Waals surface area contributed by atoms with Crippen LogP contribution in [0, 0.1) is 11.3 Å². The number of nitriles is 1. The van der Waals surface area contributed by atoms with E-state index in [4.69, 9.17) is 16.3 Å². The summed E-state index contributed by atoms with van der Waals surface area (Å²) in [6.07, 6.45) is 3.93. The van der Waals surface area contributed by atoms with E-state index in [0.29, 0.717) is 23.8 Å². The van der Waals surface area contributed by atoms with E-state index in [-0.39, 0.29) is 11.5 Å². The fourth-order valence-corrected chi connectivity index (χ4v) is 3.27. The molecule has 0 radical (unpaired) electrons. The van der Waals surface area contributed by atoms with Gasteiger partial charge in [-0.15, -0.1) is 6.58 Å². The Morgan fingerprint density at radius 2 is 2.00 bits per heavy atom. The summed E-state index contributed by atoms with van der Waals surface area (Å²) in [6.45, 7) is 4.19. The zero-order valence-electron chi connectivity index (χ0n) is 15.7. The number of likely N-dealkylation sites (N-methyl/N-ethyl adjacent to an activating group) is 1. The van der Waals surface area contributed by atoms with Crippen molar-refractivity contribution in [2.75, 3.05) is 14.1 Å². The molecular weight excluding hydrogens is 440 g/mol. The molecule has 0 fully saturated rings. The molecule has 0 aromatic heterocycles. The normalized spacial score (nSPS) is 10.9. The second kappa shape index (κ2) is 10.1. The van der Waals surface area contributed by atoms with Crippen LogP contribution in [0.4, 0.5) is 0 Å². The van der Waals surface area contributed by atoms with Crippen LogP contribution in [0.25, 0.3) is 6.08 Å². The summed E-state index contributed by atoms with van der Waals surface area (Å²) in [7, 11) is 3.22. The maximum Gasteiger partial charge on any atom is 0.264 e. The highest BCUT2D eigenvalue weighted by atomic mass is 79.9. The Labute approximate surface area is 178 Å². The lowest BCUT2D eigenvalue weighted by atomic mass is 10.0. The van der Waals surface area contributed by atoms with Crippen molar-refractivity contribution >= 4 is 39.5 Å². The molecule has 2 rings (SSSR count). The molecule has 0 N–H and O–H groups in total. The number of halogens is 2. The molecule has 1 amide bonds. The van der Waals surface area contributed by atoms with Gasteiger partial charge in [0.1, 0.15) is 24.0 Å². The largest absolute Gasteiger partial charge is 0.487 e. The molecule has 6 heteroatoms. The van der Waals surface area contributed by atoms with E-state index < -0.39 is 0 Å². The van der Waals surface area contributed by atoms with Crippen molar-refractivity contribution in [1.82, 2.24) is 4.90 Å². The molecular formula is C22H20BrClN2O2. The molecule has 2 aromatic rings. The van der Waals surface area contributed by atoms with Gasteiger partial charge in [0, 0.05) is 19.1 Å². The highest BCUT2D eigenvalue weighted by molar-refractivity contribution is 9.10. The lowest BCUT2D eigenvalue weighted by molar-refractivity contribution is -0.124. The van der Waals surface area contributed by atoms with Gasteiger partial charge >= 0.3 is 0 Å². The number of hydrogen-bond donors (Lipinski definition) is 0. The van der Waals surface area contributed by atoms with Crippen molar-refractivity contribution in [1.29, 1.82) is 5.26 Å². The van der Waals surface area contributed by atoms with Crippen molar-refractivity contribution in [2.24, 2.45) is 0 Å². The molecule has 0 aliphatic rings. The van der Waals surface area contributed by atoms with Crippen LogP contribution in [0.1, 0.15) is 16.7 Å². The summed E-state index contributed by atoms with van der Waals surface area (Å²) >= 11 is 9.46. The molecule has 144 valence electrons. The van der Waals surface area contributed by atoms with E-state index in [9.17, 15) is 10.1 Å². The second-order valence-corrected chi connectivity index (χ2v) is 7.56. The van der Waals surface area contributed by atoms with Gasteiger partial charge in [-0.1, -0.05) is 29.8 Å². The van der Waals surface area contributed by atoms with Gasteiger partial charge in [-0.3, -0.25) is 4.79 Å². The van der Waals surface area contributed by atoms with Crippen molar-refractivity contribution in [3.8, 4) is 11.8 Å². The van der Waals surface area contributed by atoms with Gasteiger partial charge in [-0.05, 0) is 69.4 Å². The molecule has 0 aliphatic carbocycles. The minimum atomic E-state index is -0.341. The van der Waals surface area contributed by atoms with E-state index >= 15 is 0 Å². The van der Waals surface area contributed by atoms with Crippen molar-refractivity contribution in [2.45, 2.75) is 13.0 Å². The quantitative estimate of drug-likeness (QED) is 0.316. The first-order chi connectivity index (χ1) is 13.3. The molecule has 0 unspecified atom stereocenters. The Hall–Kier alpha value is -2.55. The summed E-state index contributed by atoms with van der Waals surface area (Å²) in [5.74, 6) is 0.358. The predicted octanol–water partition coefficient (Wildman–Crippen LogP) is 5.41. The third kappa shape index (κ3) is 5.72. The van der Waals surface area contributed by atoms with Crippen molar-refractivity contribution < 1.29 is 9.53 Å². The lowest BCUT2D eigenvalue weighted by Crippen LogP contribution is -2.22. The molecule has 0 saturated heterocycles. The summed E-state index contributed by atoms with van der Waals surface area (Å²) in [5, 5.41) is 9.98. The summed E-state index contributed by atoms with van der Waals surface area (Å²) in [5.41, 5.74) is 2.69. The first-order valence-electron chi connectivity index (χ1n) is 8.49. The van der Waals surface area contributed by atoms with Gasteiger partial charge in [0.05, 0.1) is 4.47 Å². The highest BCUT2D eigenvalue weighted by Gasteiger charge is 2.14. The van der Waals surface area contributed by atoms with E-state index in [2.05, 4.69) is 22.5 Å². The predicted molar refractivity (Wildman–Crippen MR) is 116 cm³/mol. The molecule has 0 atom stereocenters. The van der Waals surface area contributed by atoms with Gasteiger partial charge in [0.2, 0.25) is 0 Å². The third-order valence-electron chi connectivity index (χ3n) is 3.87. The Bertz CT molecular complexity index is 944. The fraction of sp³-hybridized carbons (Fsp3) is 0.182. The Kier molecular flexibility index (Phi) is 7.86. The number of hydrogen-bond acceptors (Lipinski definition) is 3. The molecule has 0 saturated carbocycles. The van der Waals surface area contributed by atoms with Crippen LogP contribution in [0.2, 0.25) is 5.02 Å². The maximum absolute atomic E-state index is 12.1. The summed E-state index contributed by atoms with van der Waals surface area (Å²) < 4.78 is 6.76. The SMILES string of the molecule is C=CCc1cc(/C=C(/C#N)C(=O)N(C)C)cc(Br)c1OCc1ccc(Cl)cc1. The Morgan fingerprint density at radius 1 is 1.32 bits per heavy atom. The topological polar surface area (TPSA) is 53.3 Å². The number of ether oxygens (including phenoxy) is 1. The molecule has 0 bridgehead atoms. The van der Waals surface area contributed by atoms with Crippen LogP contribution < -0.4 is 4.74 Å². The minimum absolute atomic E-state index is 0.0660.